The van der Waals surface area contributed by atoms with Crippen molar-refractivity contribution in [2.75, 3.05) is 13.7 Å². The summed E-state index contributed by atoms with van der Waals surface area (Å²) in [5.41, 5.74) is 1.43. The average molecular weight is 238 g/mol. The van der Waals surface area contributed by atoms with Crippen molar-refractivity contribution < 1.29 is 19.4 Å². The lowest BCUT2D eigenvalue weighted by molar-refractivity contribution is -0.153. The van der Waals surface area contributed by atoms with Crippen LogP contribution in [0.15, 0.2) is 24.3 Å². The third kappa shape index (κ3) is 3.54. The number of esters is 1. The van der Waals surface area contributed by atoms with E-state index in [4.69, 9.17) is 9.47 Å². The molecule has 4 nitrogen and oxygen atoms in total. The van der Waals surface area contributed by atoms with Crippen molar-refractivity contribution in [1.29, 1.82) is 0 Å². The molecule has 0 fully saturated rings. The Bertz CT molecular complexity index is 375. The minimum Gasteiger partial charge on any atom is -0.464 e. The minimum absolute atomic E-state index is 0.0793. The highest BCUT2D eigenvalue weighted by molar-refractivity contribution is 5.76. The molecule has 0 spiro atoms. The fraction of sp³-hybridized carbons (Fsp3) is 0.462. The van der Waals surface area contributed by atoms with Crippen LogP contribution in [0.5, 0.6) is 0 Å². The zero-order chi connectivity index (χ0) is 12.8. The zero-order valence-corrected chi connectivity index (χ0v) is 10.3. The van der Waals surface area contributed by atoms with Crippen LogP contribution in [-0.2, 0) is 14.3 Å². The Morgan fingerprint density at radius 1 is 1.41 bits per heavy atom. The van der Waals surface area contributed by atoms with Crippen molar-refractivity contribution >= 4 is 5.97 Å². The molecule has 94 valence electrons. The van der Waals surface area contributed by atoms with Gasteiger partial charge in [0, 0.05) is 7.11 Å². The second-order valence-electron chi connectivity index (χ2n) is 3.70. The molecule has 1 N–H and O–H groups in total. The van der Waals surface area contributed by atoms with Crippen LogP contribution in [0, 0.1) is 0 Å². The summed E-state index contributed by atoms with van der Waals surface area (Å²) in [6, 6.07) is 7.10. The van der Waals surface area contributed by atoms with Gasteiger partial charge in [-0.3, -0.25) is 0 Å². The standard InChI is InChI=1S/C13H18O4/c1-4-17-13(15)12(14)11-7-5-6-10(8-11)9(2)16-3/h5-9,12,14H,4H2,1-3H3. The van der Waals surface area contributed by atoms with Gasteiger partial charge in [-0.1, -0.05) is 24.3 Å². The van der Waals surface area contributed by atoms with Gasteiger partial charge in [-0.25, -0.2) is 4.79 Å². The summed E-state index contributed by atoms with van der Waals surface area (Å²) >= 11 is 0. The topological polar surface area (TPSA) is 55.8 Å². The number of carbonyl (C=O) groups is 1. The lowest BCUT2D eigenvalue weighted by Crippen LogP contribution is -2.15. The van der Waals surface area contributed by atoms with Gasteiger partial charge >= 0.3 is 5.97 Å². The van der Waals surface area contributed by atoms with Gasteiger partial charge in [0.25, 0.3) is 0 Å². The molecule has 0 heterocycles. The molecule has 4 heteroatoms. The Hall–Kier alpha value is -1.39. The van der Waals surface area contributed by atoms with Crippen molar-refractivity contribution in [2.24, 2.45) is 0 Å². The number of rotatable bonds is 5. The maximum Gasteiger partial charge on any atom is 0.339 e. The highest BCUT2D eigenvalue weighted by atomic mass is 16.5. The summed E-state index contributed by atoms with van der Waals surface area (Å²) in [4.78, 5) is 11.4. The first-order valence-corrected chi connectivity index (χ1v) is 5.57. The lowest BCUT2D eigenvalue weighted by Gasteiger charge is -2.14. The van der Waals surface area contributed by atoms with Crippen LogP contribution in [-0.4, -0.2) is 24.8 Å². The Morgan fingerprint density at radius 3 is 2.65 bits per heavy atom. The van der Waals surface area contributed by atoms with Crippen molar-refractivity contribution in [3.8, 4) is 0 Å². The lowest BCUT2D eigenvalue weighted by atomic mass is 10.0. The molecule has 2 unspecified atom stereocenters. The van der Waals surface area contributed by atoms with Gasteiger partial charge in [-0.2, -0.15) is 0 Å². The van der Waals surface area contributed by atoms with Crippen LogP contribution in [0.2, 0.25) is 0 Å². The van der Waals surface area contributed by atoms with E-state index in [2.05, 4.69) is 0 Å². The van der Waals surface area contributed by atoms with Crippen molar-refractivity contribution in [3.05, 3.63) is 35.4 Å². The number of ether oxygens (including phenoxy) is 2. The summed E-state index contributed by atoms with van der Waals surface area (Å²) in [5.74, 6) is -0.630. The van der Waals surface area contributed by atoms with Crippen molar-refractivity contribution in [1.82, 2.24) is 0 Å². The van der Waals surface area contributed by atoms with E-state index in [9.17, 15) is 9.90 Å². The molecule has 0 aliphatic rings. The van der Waals surface area contributed by atoms with Crippen LogP contribution < -0.4 is 0 Å². The number of aliphatic hydroxyl groups excluding tert-OH is 1. The molecular weight excluding hydrogens is 220 g/mol. The highest BCUT2D eigenvalue weighted by Gasteiger charge is 2.19. The fourth-order valence-corrected chi connectivity index (χ4v) is 1.48. The van der Waals surface area contributed by atoms with Gasteiger partial charge in [0.1, 0.15) is 0 Å². The predicted molar refractivity (Wildman–Crippen MR) is 63.5 cm³/mol. The summed E-state index contributed by atoms with van der Waals surface area (Å²) in [6.07, 6.45) is -1.32. The van der Waals surface area contributed by atoms with Gasteiger partial charge in [0.15, 0.2) is 6.10 Å². The van der Waals surface area contributed by atoms with Crippen LogP contribution in [0.3, 0.4) is 0 Å². The smallest absolute Gasteiger partial charge is 0.339 e. The first kappa shape index (κ1) is 13.7. The number of benzene rings is 1. The van der Waals surface area contributed by atoms with Gasteiger partial charge in [0.05, 0.1) is 12.7 Å². The number of hydrogen-bond acceptors (Lipinski definition) is 4. The third-order valence-corrected chi connectivity index (χ3v) is 2.56. The van der Waals surface area contributed by atoms with E-state index >= 15 is 0 Å². The largest absolute Gasteiger partial charge is 0.464 e. The normalized spacial score (nSPS) is 14.1. The van der Waals surface area contributed by atoms with Gasteiger partial charge in [-0.15, -0.1) is 0 Å². The first-order valence-electron chi connectivity index (χ1n) is 5.57. The Kier molecular flexibility index (Phi) is 5.12. The van der Waals surface area contributed by atoms with Gasteiger partial charge in [0.2, 0.25) is 0 Å². The maximum absolute atomic E-state index is 11.4. The number of carbonyl (C=O) groups excluding carboxylic acids is 1. The second kappa shape index (κ2) is 6.37. The van der Waals surface area contributed by atoms with Crippen molar-refractivity contribution in [3.63, 3.8) is 0 Å². The number of methoxy groups -OCH3 is 1. The molecule has 0 bridgehead atoms. The van der Waals surface area contributed by atoms with Gasteiger partial charge < -0.3 is 14.6 Å². The van der Waals surface area contributed by atoms with Crippen molar-refractivity contribution in [2.45, 2.75) is 26.1 Å². The molecule has 2 atom stereocenters. The van der Waals surface area contributed by atoms with Crippen LogP contribution >= 0.6 is 0 Å². The summed E-state index contributed by atoms with van der Waals surface area (Å²) in [5, 5.41) is 9.78. The Labute approximate surface area is 101 Å². The van der Waals surface area contributed by atoms with Gasteiger partial charge in [-0.05, 0) is 25.0 Å². The summed E-state index contributed by atoms with van der Waals surface area (Å²) < 4.78 is 9.95. The quantitative estimate of drug-likeness (QED) is 0.797. The maximum atomic E-state index is 11.4. The molecule has 0 aliphatic heterocycles. The molecule has 1 rings (SSSR count). The fourth-order valence-electron chi connectivity index (χ4n) is 1.48. The van der Waals surface area contributed by atoms with Crippen LogP contribution in [0.25, 0.3) is 0 Å². The molecule has 0 amide bonds. The molecule has 1 aromatic carbocycles. The predicted octanol–water partition coefficient (Wildman–Crippen LogP) is 1.99. The molecule has 0 saturated heterocycles. The molecule has 0 aromatic heterocycles. The van der Waals surface area contributed by atoms with Crippen LogP contribution in [0.1, 0.15) is 37.2 Å². The van der Waals surface area contributed by atoms with Crippen LogP contribution in [0.4, 0.5) is 0 Å². The molecule has 0 aliphatic carbocycles. The number of aliphatic hydroxyl groups is 1. The van der Waals surface area contributed by atoms with E-state index in [1.165, 1.54) is 0 Å². The molecule has 1 aromatic rings. The van der Waals surface area contributed by atoms with E-state index in [1.54, 1.807) is 32.2 Å². The molecule has 0 saturated carbocycles. The summed E-state index contributed by atoms with van der Waals surface area (Å²) in [6.45, 7) is 3.86. The van der Waals surface area contributed by atoms with E-state index in [0.29, 0.717) is 5.56 Å². The third-order valence-electron chi connectivity index (χ3n) is 2.56. The minimum atomic E-state index is -1.24. The first-order chi connectivity index (χ1) is 8.10. The average Bonchev–Trinajstić information content (AvgIpc) is 2.37. The van der Waals surface area contributed by atoms with E-state index in [-0.39, 0.29) is 12.7 Å². The zero-order valence-electron chi connectivity index (χ0n) is 10.3. The second-order valence-corrected chi connectivity index (χ2v) is 3.70. The molecule has 0 radical (unpaired) electrons. The van der Waals surface area contributed by atoms with E-state index in [1.807, 2.05) is 13.0 Å². The van der Waals surface area contributed by atoms with E-state index < -0.39 is 12.1 Å². The Morgan fingerprint density at radius 2 is 2.06 bits per heavy atom. The van der Waals surface area contributed by atoms with E-state index in [0.717, 1.165) is 5.56 Å². The summed E-state index contributed by atoms with van der Waals surface area (Å²) in [7, 11) is 1.61. The highest BCUT2D eigenvalue weighted by Crippen LogP contribution is 2.21. The SMILES string of the molecule is CCOC(=O)C(O)c1cccc(C(C)OC)c1. The molecule has 17 heavy (non-hydrogen) atoms. The molecular formula is C13H18O4. The Balaban J connectivity index is 2.87. The number of hydrogen-bond donors (Lipinski definition) is 1. The monoisotopic (exact) mass is 238 g/mol.